The van der Waals surface area contributed by atoms with Gasteiger partial charge in [0.25, 0.3) is 0 Å². The number of hydrogen-bond donors (Lipinski definition) is 2. The van der Waals surface area contributed by atoms with Crippen LogP contribution in [0.1, 0.15) is 46.2 Å². The number of aliphatic imine (C=N–C) groups is 1. The van der Waals surface area contributed by atoms with E-state index in [4.69, 9.17) is 4.42 Å². The van der Waals surface area contributed by atoms with Crippen LogP contribution >= 0.6 is 24.0 Å². The highest BCUT2D eigenvalue weighted by molar-refractivity contribution is 14.0. The largest absolute Gasteiger partial charge is 0.467 e. The third-order valence-electron chi connectivity index (χ3n) is 4.62. The summed E-state index contributed by atoms with van der Waals surface area (Å²) in [6.07, 6.45) is 4.32. The van der Waals surface area contributed by atoms with E-state index >= 15 is 0 Å². The van der Waals surface area contributed by atoms with Gasteiger partial charge in [0.05, 0.1) is 6.26 Å². The molecule has 0 bridgehead atoms. The summed E-state index contributed by atoms with van der Waals surface area (Å²) >= 11 is 0. The highest BCUT2D eigenvalue weighted by Gasteiger charge is 2.13. The van der Waals surface area contributed by atoms with Crippen LogP contribution in [0.2, 0.25) is 0 Å². The summed E-state index contributed by atoms with van der Waals surface area (Å²) < 4.78 is 7.46. The Hall–Kier alpha value is -1.62. The Labute approximate surface area is 191 Å². The maximum atomic E-state index is 5.39. The van der Waals surface area contributed by atoms with Crippen molar-refractivity contribution >= 4 is 29.9 Å². The molecule has 0 atom stereocenters. The van der Waals surface area contributed by atoms with E-state index in [1.54, 1.807) is 12.6 Å². The second kappa shape index (κ2) is 13.6. The summed E-state index contributed by atoms with van der Waals surface area (Å²) in [5.74, 6) is 2.63. The molecule has 0 fully saturated rings. The first-order chi connectivity index (χ1) is 13.5. The zero-order valence-electron chi connectivity index (χ0n) is 18.3. The van der Waals surface area contributed by atoms with Crippen LogP contribution in [0.5, 0.6) is 0 Å². The number of guanidine groups is 1. The zero-order valence-corrected chi connectivity index (χ0v) is 20.6. The second-order valence-electron chi connectivity index (χ2n) is 7.32. The number of aryl methyl sites for hydroxylation is 1. The van der Waals surface area contributed by atoms with Crippen LogP contribution in [0.15, 0.2) is 34.1 Å². The number of halogens is 1. The van der Waals surface area contributed by atoms with Crippen molar-refractivity contribution in [2.45, 2.75) is 66.2 Å². The van der Waals surface area contributed by atoms with Gasteiger partial charge in [-0.3, -0.25) is 4.90 Å². The van der Waals surface area contributed by atoms with Crippen molar-refractivity contribution in [1.29, 1.82) is 0 Å². The first-order valence-corrected chi connectivity index (χ1v) is 10.2. The van der Waals surface area contributed by atoms with Crippen LogP contribution in [0.25, 0.3) is 0 Å². The molecule has 0 amide bonds. The molecule has 0 aromatic carbocycles. The Morgan fingerprint density at radius 3 is 2.55 bits per heavy atom. The molecule has 2 N–H and O–H groups in total. The Morgan fingerprint density at radius 1 is 1.21 bits per heavy atom. The SMILES string of the molecule is CCc1nncn1CCNC(=NCc1ccco1)NCCN(C(C)C)C(C)C.I. The molecule has 0 spiro atoms. The van der Waals surface area contributed by atoms with Gasteiger partial charge < -0.3 is 19.6 Å². The molecule has 2 heterocycles. The average Bonchev–Trinajstić information content (AvgIpc) is 3.33. The molecule has 0 aliphatic rings. The molecule has 0 aliphatic heterocycles. The molecule has 0 aliphatic carbocycles. The third kappa shape index (κ3) is 8.73. The minimum Gasteiger partial charge on any atom is -0.467 e. The second-order valence-corrected chi connectivity index (χ2v) is 7.32. The lowest BCUT2D eigenvalue weighted by Crippen LogP contribution is -2.45. The van der Waals surface area contributed by atoms with Gasteiger partial charge in [-0.1, -0.05) is 6.92 Å². The van der Waals surface area contributed by atoms with Crippen molar-refractivity contribution in [1.82, 2.24) is 30.3 Å². The highest BCUT2D eigenvalue weighted by atomic mass is 127. The lowest BCUT2D eigenvalue weighted by atomic mass is 10.2. The molecule has 2 aromatic heterocycles. The molecular formula is C20H36IN7O. The van der Waals surface area contributed by atoms with Gasteiger partial charge >= 0.3 is 0 Å². The fourth-order valence-electron chi connectivity index (χ4n) is 3.18. The summed E-state index contributed by atoms with van der Waals surface area (Å²) in [5.41, 5.74) is 0. The van der Waals surface area contributed by atoms with Gasteiger partial charge in [-0.2, -0.15) is 0 Å². The summed E-state index contributed by atoms with van der Waals surface area (Å²) in [5, 5.41) is 15.0. The minimum atomic E-state index is 0. The quantitative estimate of drug-likeness (QED) is 0.271. The predicted molar refractivity (Wildman–Crippen MR) is 128 cm³/mol. The highest BCUT2D eigenvalue weighted by Crippen LogP contribution is 2.04. The van der Waals surface area contributed by atoms with E-state index in [9.17, 15) is 0 Å². The Bertz CT molecular complexity index is 690. The van der Waals surface area contributed by atoms with E-state index in [2.05, 4.69) is 69.9 Å². The van der Waals surface area contributed by atoms with Crippen molar-refractivity contribution in [3.05, 3.63) is 36.3 Å². The topological polar surface area (TPSA) is 83.5 Å². The van der Waals surface area contributed by atoms with Gasteiger partial charge in [0.2, 0.25) is 0 Å². The summed E-state index contributed by atoms with van der Waals surface area (Å²) in [7, 11) is 0. The molecule has 0 saturated heterocycles. The number of nitrogens with zero attached hydrogens (tertiary/aromatic N) is 5. The maximum Gasteiger partial charge on any atom is 0.191 e. The summed E-state index contributed by atoms with van der Waals surface area (Å²) in [4.78, 5) is 7.12. The van der Waals surface area contributed by atoms with E-state index in [0.717, 1.165) is 50.1 Å². The van der Waals surface area contributed by atoms with Crippen LogP contribution in [-0.4, -0.2) is 57.3 Å². The van der Waals surface area contributed by atoms with Gasteiger partial charge in [-0.25, -0.2) is 4.99 Å². The first-order valence-electron chi connectivity index (χ1n) is 10.2. The van der Waals surface area contributed by atoms with Crippen molar-refractivity contribution in [2.24, 2.45) is 4.99 Å². The maximum absolute atomic E-state index is 5.39. The van der Waals surface area contributed by atoms with Gasteiger partial charge in [-0.15, -0.1) is 34.2 Å². The number of furan rings is 1. The number of rotatable bonds is 11. The third-order valence-corrected chi connectivity index (χ3v) is 4.62. The van der Waals surface area contributed by atoms with Gasteiger partial charge in [-0.05, 0) is 39.8 Å². The van der Waals surface area contributed by atoms with Crippen LogP contribution in [-0.2, 0) is 19.5 Å². The van der Waals surface area contributed by atoms with Crippen molar-refractivity contribution in [3.8, 4) is 0 Å². The van der Waals surface area contributed by atoms with Crippen LogP contribution in [0.3, 0.4) is 0 Å². The van der Waals surface area contributed by atoms with Gasteiger partial charge in [0.15, 0.2) is 5.96 Å². The fraction of sp³-hybridized carbons (Fsp3) is 0.650. The van der Waals surface area contributed by atoms with Crippen LogP contribution < -0.4 is 10.6 Å². The summed E-state index contributed by atoms with van der Waals surface area (Å²) in [6, 6.07) is 4.84. The van der Waals surface area contributed by atoms with E-state index in [0.29, 0.717) is 18.6 Å². The number of hydrogen-bond acceptors (Lipinski definition) is 5. The molecule has 29 heavy (non-hydrogen) atoms. The first kappa shape index (κ1) is 25.4. The smallest absolute Gasteiger partial charge is 0.191 e. The minimum absolute atomic E-state index is 0. The number of nitrogens with one attached hydrogen (secondary N) is 2. The molecule has 8 nitrogen and oxygen atoms in total. The molecule has 0 saturated carbocycles. The van der Waals surface area contributed by atoms with E-state index in [1.165, 1.54) is 0 Å². The standard InChI is InChI=1S/C20H35N7O.HI/c1-6-19-25-24-15-26(19)11-9-21-20(23-14-18-8-7-13-28-18)22-10-12-27(16(2)3)17(4)5;/h7-8,13,15-17H,6,9-12,14H2,1-5H3,(H2,21,22,23);1H. The normalized spacial score (nSPS) is 11.9. The average molecular weight is 517 g/mol. The summed E-state index contributed by atoms with van der Waals surface area (Å²) in [6.45, 7) is 14.8. The predicted octanol–water partition coefficient (Wildman–Crippen LogP) is 2.91. The molecular weight excluding hydrogens is 481 g/mol. The lowest BCUT2D eigenvalue weighted by molar-refractivity contribution is 0.178. The monoisotopic (exact) mass is 517 g/mol. The fourth-order valence-corrected chi connectivity index (χ4v) is 3.18. The van der Waals surface area contributed by atoms with Gasteiger partial charge in [0.1, 0.15) is 24.5 Å². The Morgan fingerprint density at radius 2 is 1.93 bits per heavy atom. The molecule has 164 valence electrons. The van der Waals surface area contributed by atoms with E-state index < -0.39 is 0 Å². The van der Waals surface area contributed by atoms with Gasteiger partial charge in [0, 0.05) is 44.7 Å². The van der Waals surface area contributed by atoms with Crippen molar-refractivity contribution in [3.63, 3.8) is 0 Å². The molecule has 9 heteroatoms. The van der Waals surface area contributed by atoms with Crippen LogP contribution in [0, 0.1) is 0 Å². The van der Waals surface area contributed by atoms with E-state index in [-0.39, 0.29) is 24.0 Å². The molecule has 0 radical (unpaired) electrons. The van der Waals surface area contributed by atoms with Crippen molar-refractivity contribution < 1.29 is 4.42 Å². The Kier molecular flexibility index (Phi) is 11.9. The molecule has 2 rings (SSSR count). The number of aromatic nitrogens is 3. The van der Waals surface area contributed by atoms with Crippen molar-refractivity contribution in [2.75, 3.05) is 19.6 Å². The Balaban J connectivity index is 0.00000420. The molecule has 2 aromatic rings. The molecule has 0 unspecified atom stereocenters. The lowest BCUT2D eigenvalue weighted by Gasteiger charge is -2.30. The van der Waals surface area contributed by atoms with Crippen LogP contribution in [0.4, 0.5) is 0 Å². The van der Waals surface area contributed by atoms with E-state index in [1.807, 2.05) is 12.1 Å². The zero-order chi connectivity index (χ0) is 20.4.